The van der Waals surface area contributed by atoms with Gasteiger partial charge in [-0.3, -0.25) is 0 Å². The van der Waals surface area contributed by atoms with E-state index in [9.17, 15) is 0 Å². The average molecular weight is 212 g/mol. The summed E-state index contributed by atoms with van der Waals surface area (Å²) in [7, 11) is 0. The van der Waals surface area contributed by atoms with Gasteiger partial charge in [-0.2, -0.15) is 0 Å². The summed E-state index contributed by atoms with van der Waals surface area (Å²) in [6.07, 6.45) is 6.22. The van der Waals surface area contributed by atoms with Crippen molar-refractivity contribution >= 4 is 0 Å². The first kappa shape index (κ1) is 14.5. The molecule has 0 rings (SSSR count). The van der Waals surface area contributed by atoms with Gasteiger partial charge in [-0.05, 0) is 18.8 Å². The summed E-state index contributed by atoms with van der Waals surface area (Å²) >= 11 is 0. The fraction of sp³-hybridized carbons (Fsp3) is 0.857. The van der Waals surface area contributed by atoms with Crippen molar-refractivity contribution < 1.29 is 4.74 Å². The van der Waals surface area contributed by atoms with Crippen molar-refractivity contribution in [2.24, 2.45) is 11.8 Å². The van der Waals surface area contributed by atoms with E-state index in [1.807, 2.05) is 0 Å². The van der Waals surface area contributed by atoms with Crippen molar-refractivity contribution in [3.63, 3.8) is 0 Å². The van der Waals surface area contributed by atoms with Crippen molar-refractivity contribution in [3.8, 4) is 0 Å². The molecule has 0 spiro atoms. The standard InChI is InChI=1S/C14H28O/c1-6-9-10-14(8-3)11-15-13(5)12(4)7-2/h12,14H,5-11H2,1-4H3. The summed E-state index contributed by atoms with van der Waals surface area (Å²) < 4.78 is 5.75. The Labute approximate surface area is 95.9 Å². The molecule has 0 aromatic heterocycles. The van der Waals surface area contributed by atoms with E-state index < -0.39 is 0 Å². The molecule has 0 saturated heterocycles. The molecule has 0 aromatic carbocycles. The maximum absolute atomic E-state index is 5.75. The molecule has 1 heteroatoms. The van der Waals surface area contributed by atoms with Crippen LogP contribution in [-0.4, -0.2) is 6.61 Å². The third-order valence-corrected chi connectivity index (χ3v) is 3.21. The molecule has 0 radical (unpaired) electrons. The molecular weight excluding hydrogens is 184 g/mol. The molecule has 0 bridgehead atoms. The second-order valence-corrected chi connectivity index (χ2v) is 4.50. The van der Waals surface area contributed by atoms with Gasteiger partial charge in [0.25, 0.3) is 0 Å². The van der Waals surface area contributed by atoms with Crippen LogP contribution in [0.5, 0.6) is 0 Å². The fourth-order valence-electron chi connectivity index (χ4n) is 1.49. The topological polar surface area (TPSA) is 9.23 Å². The van der Waals surface area contributed by atoms with Gasteiger partial charge < -0.3 is 4.74 Å². The van der Waals surface area contributed by atoms with Gasteiger partial charge in [0.2, 0.25) is 0 Å². The Hall–Kier alpha value is -0.460. The van der Waals surface area contributed by atoms with E-state index in [1.54, 1.807) is 0 Å². The van der Waals surface area contributed by atoms with Gasteiger partial charge in [0.15, 0.2) is 0 Å². The Bertz CT molecular complexity index is 163. The van der Waals surface area contributed by atoms with Crippen LogP contribution in [0.1, 0.15) is 59.8 Å². The van der Waals surface area contributed by atoms with Crippen LogP contribution in [0.3, 0.4) is 0 Å². The van der Waals surface area contributed by atoms with Crippen LogP contribution in [0.25, 0.3) is 0 Å². The fourth-order valence-corrected chi connectivity index (χ4v) is 1.49. The highest BCUT2D eigenvalue weighted by Gasteiger charge is 2.10. The van der Waals surface area contributed by atoms with Crippen LogP contribution in [-0.2, 0) is 4.74 Å². The average Bonchev–Trinajstić information content (AvgIpc) is 2.27. The number of allylic oxidation sites excluding steroid dienone is 1. The molecule has 0 amide bonds. The normalized spacial score (nSPS) is 14.7. The minimum atomic E-state index is 0.494. The number of ether oxygens (including phenoxy) is 1. The molecular formula is C14H28O. The molecule has 0 N–H and O–H groups in total. The quantitative estimate of drug-likeness (QED) is 0.500. The van der Waals surface area contributed by atoms with Gasteiger partial charge in [-0.15, -0.1) is 0 Å². The summed E-state index contributed by atoms with van der Waals surface area (Å²) in [5, 5.41) is 0. The van der Waals surface area contributed by atoms with E-state index in [2.05, 4.69) is 34.3 Å². The molecule has 90 valence electrons. The van der Waals surface area contributed by atoms with Crippen LogP contribution in [0.4, 0.5) is 0 Å². The number of hydrogen-bond acceptors (Lipinski definition) is 1. The van der Waals surface area contributed by atoms with Crippen LogP contribution < -0.4 is 0 Å². The molecule has 0 aliphatic carbocycles. The summed E-state index contributed by atoms with van der Waals surface area (Å²) in [6, 6.07) is 0. The van der Waals surface area contributed by atoms with Gasteiger partial charge in [0, 0.05) is 5.92 Å². The van der Waals surface area contributed by atoms with Gasteiger partial charge in [0.1, 0.15) is 0 Å². The Morgan fingerprint density at radius 2 is 1.87 bits per heavy atom. The second kappa shape index (κ2) is 8.82. The first-order chi connectivity index (χ1) is 7.15. The molecule has 2 unspecified atom stereocenters. The van der Waals surface area contributed by atoms with Gasteiger partial charge >= 0.3 is 0 Å². The van der Waals surface area contributed by atoms with E-state index in [0.717, 1.165) is 18.8 Å². The molecule has 0 fully saturated rings. The van der Waals surface area contributed by atoms with Crippen LogP contribution >= 0.6 is 0 Å². The van der Waals surface area contributed by atoms with Crippen molar-refractivity contribution in [3.05, 3.63) is 12.3 Å². The van der Waals surface area contributed by atoms with Crippen molar-refractivity contribution in [2.45, 2.75) is 59.8 Å². The highest BCUT2D eigenvalue weighted by atomic mass is 16.5. The maximum Gasteiger partial charge on any atom is 0.0916 e. The third-order valence-electron chi connectivity index (χ3n) is 3.21. The first-order valence-corrected chi connectivity index (χ1v) is 6.47. The zero-order chi connectivity index (χ0) is 11.7. The lowest BCUT2D eigenvalue weighted by atomic mass is 10.0. The molecule has 0 aliphatic rings. The Morgan fingerprint density at radius 3 is 2.33 bits per heavy atom. The zero-order valence-electron chi connectivity index (χ0n) is 11.0. The van der Waals surface area contributed by atoms with Crippen molar-refractivity contribution in [2.75, 3.05) is 6.61 Å². The van der Waals surface area contributed by atoms with Gasteiger partial charge in [0.05, 0.1) is 12.4 Å². The summed E-state index contributed by atoms with van der Waals surface area (Å²) in [4.78, 5) is 0. The summed E-state index contributed by atoms with van der Waals surface area (Å²) in [5.41, 5.74) is 0. The van der Waals surface area contributed by atoms with E-state index in [0.29, 0.717) is 11.8 Å². The molecule has 15 heavy (non-hydrogen) atoms. The predicted octanol–water partition coefficient (Wildman–Crippen LogP) is 4.78. The SMILES string of the molecule is C=C(OCC(CC)CCCC)C(C)CC. The first-order valence-electron chi connectivity index (χ1n) is 6.47. The van der Waals surface area contributed by atoms with Gasteiger partial charge in [-0.1, -0.05) is 53.5 Å². The lowest BCUT2D eigenvalue weighted by molar-refractivity contribution is 0.134. The van der Waals surface area contributed by atoms with E-state index in [1.165, 1.54) is 25.7 Å². The summed E-state index contributed by atoms with van der Waals surface area (Å²) in [6.45, 7) is 13.7. The largest absolute Gasteiger partial charge is 0.498 e. The predicted molar refractivity (Wildman–Crippen MR) is 67.9 cm³/mol. The van der Waals surface area contributed by atoms with Crippen molar-refractivity contribution in [1.29, 1.82) is 0 Å². The number of rotatable bonds is 9. The third kappa shape index (κ3) is 6.59. The maximum atomic E-state index is 5.75. The number of hydrogen-bond donors (Lipinski definition) is 0. The molecule has 0 saturated carbocycles. The van der Waals surface area contributed by atoms with Gasteiger partial charge in [-0.25, -0.2) is 0 Å². The van der Waals surface area contributed by atoms with Crippen molar-refractivity contribution in [1.82, 2.24) is 0 Å². The summed E-state index contributed by atoms with van der Waals surface area (Å²) in [5.74, 6) is 2.17. The highest BCUT2D eigenvalue weighted by molar-refractivity contribution is 4.88. The van der Waals surface area contributed by atoms with Crippen LogP contribution in [0.15, 0.2) is 12.3 Å². The minimum Gasteiger partial charge on any atom is -0.498 e. The lowest BCUT2D eigenvalue weighted by Crippen LogP contribution is -2.11. The molecule has 0 heterocycles. The second-order valence-electron chi connectivity index (χ2n) is 4.50. The Kier molecular flexibility index (Phi) is 8.55. The smallest absolute Gasteiger partial charge is 0.0916 e. The molecule has 1 nitrogen and oxygen atoms in total. The Balaban J connectivity index is 3.74. The van der Waals surface area contributed by atoms with E-state index in [4.69, 9.17) is 4.74 Å². The molecule has 0 aromatic rings. The zero-order valence-corrected chi connectivity index (χ0v) is 11.0. The van der Waals surface area contributed by atoms with Crippen LogP contribution in [0, 0.1) is 11.8 Å². The lowest BCUT2D eigenvalue weighted by Gasteiger charge is -2.19. The molecule has 2 atom stereocenters. The van der Waals surface area contributed by atoms with Crippen LogP contribution in [0.2, 0.25) is 0 Å². The minimum absolute atomic E-state index is 0.494. The Morgan fingerprint density at radius 1 is 1.20 bits per heavy atom. The number of unbranched alkanes of at least 4 members (excludes halogenated alkanes) is 1. The highest BCUT2D eigenvalue weighted by Crippen LogP contribution is 2.18. The monoisotopic (exact) mass is 212 g/mol. The van der Waals surface area contributed by atoms with E-state index >= 15 is 0 Å². The molecule has 0 aliphatic heterocycles. The van der Waals surface area contributed by atoms with E-state index in [-0.39, 0.29) is 0 Å².